The van der Waals surface area contributed by atoms with Crippen LogP contribution in [0.1, 0.15) is 25.3 Å². The van der Waals surface area contributed by atoms with E-state index in [1.165, 1.54) is 6.92 Å². The average molecular weight is 348 g/mol. The number of carbonyl (C=O) groups excluding carboxylic acids is 1. The van der Waals surface area contributed by atoms with E-state index in [0.29, 0.717) is 26.1 Å². The lowest BCUT2D eigenvalue weighted by atomic mass is 9.97. The number of piperidine rings is 1. The fourth-order valence-corrected chi connectivity index (χ4v) is 2.89. The van der Waals surface area contributed by atoms with Gasteiger partial charge in [0.05, 0.1) is 19.3 Å². The third-order valence-corrected chi connectivity index (χ3v) is 4.17. The van der Waals surface area contributed by atoms with Gasteiger partial charge in [-0.15, -0.1) is 0 Å². The number of likely N-dealkylation sites (tertiary alicyclic amines) is 1. The van der Waals surface area contributed by atoms with Crippen molar-refractivity contribution in [3.05, 3.63) is 18.0 Å². The summed E-state index contributed by atoms with van der Waals surface area (Å²) in [5, 5.41) is 7.41. The van der Waals surface area contributed by atoms with Crippen LogP contribution in [-0.2, 0) is 22.6 Å². The number of methoxy groups -OCH3 is 1. The molecule has 2 heterocycles. The zero-order chi connectivity index (χ0) is 17.7. The van der Waals surface area contributed by atoms with Crippen LogP contribution in [-0.4, -0.2) is 59.1 Å². The molecule has 0 aliphatic carbocycles. The molecule has 0 bridgehead atoms. The standard InChI is InChI=1S/C15H23F3N4O2/c1-11(23)22-10-13(3-4-14(22)15(16,17)18)19-7-12-8-20-21(9-12)5-6-24-2/h8-9,13-14,19H,3-7,10H2,1-2H3. The van der Waals surface area contributed by atoms with Crippen molar-refractivity contribution in [2.75, 3.05) is 20.3 Å². The van der Waals surface area contributed by atoms with Gasteiger partial charge in [-0.1, -0.05) is 0 Å². The second kappa shape index (κ2) is 7.98. The van der Waals surface area contributed by atoms with Gasteiger partial charge in [-0.3, -0.25) is 9.48 Å². The van der Waals surface area contributed by atoms with Crippen molar-refractivity contribution in [1.29, 1.82) is 0 Å². The topological polar surface area (TPSA) is 59.4 Å². The molecule has 0 aromatic carbocycles. The number of ether oxygens (including phenoxy) is 1. The van der Waals surface area contributed by atoms with E-state index in [1.807, 2.05) is 6.20 Å². The predicted octanol–water partition coefficient (Wildman–Crippen LogP) is 1.56. The molecule has 2 unspecified atom stereocenters. The molecule has 1 amide bonds. The molecule has 9 heteroatoms. The molecule has 1 aliphatic rings. The zero-order valence-electron chi connectivity index (χ0n) is 13.8. The summed E-state index contributed by atoms with van der Waals surface area (Å²) in [6.07, 6.45) is -0.485. The largest absolute Gasteiger partial charge is 0.408 e. The Labute approximate surface area is 138 Å². The SMILES string of the molecule is COCCn1cc(CNC2CCC(C(F)(F)F)N(C(C)=O)C2)cn1. The van der Waals surface area contributed by atoms with Gasteiger partial charge in [0.25, 0.3) is 0 Å². The molecule has 2 rings (SSSR count). The van der Waals surface area contributed by atoms with E-state index >= 15 is 0 Å². The number of nitrogens with zero attached hydrogens (tertiary/aromatic N) is 3. The molecular weight excluding hydrogens is 325 g/mol. The molecule has 0 saturated carbocycles. The summed E-state index contributed by atoms with van der Waals surface area (Å²) in [6.45, 7) is 2.95. The van der Waals surface area contributed by atoms with Crippen molar-refractivity contribution in [2.24, 2.45) is 0 Å². The second-order valence-corrected chi connectivity index (χ2v) is 5.99. The Kier molecular flexibility index (Phi) is 6.22. The van der Waals surface area contributed by atoms with Crippen molar-refractivity contribution >= 4 is 5.91 Å². The van der Waals surface area contributed by atoms with E-state index < -0.39 is 18.1 Å². The highest BCUT2D eigenvalue weighted by Gasteiger charge is 2.47. The van der Waals surface area contributed by atoms with Gasteiger partial charge in [-0.2, -0.15) is 18.3 Å². The number of halogens is 3. The van der Waals surface area contributed by atoms with Crippen LogP contribution < -0.4 is 5.32 Å². The highest BCUT2D eigenvalue weighted by atomic mass is 19.4. The van der Waals surface area contributed by atoms with E-state index in [-0.39, 0.29) is 19.0 Å². The minimum atomic E-state index is -4.38. The smallest absolute Gasteiger partial charge is 0.383 e. The third kappa shape index (κ3) is 4.94. The first-order valence-electron chi connectivity index (χ1n) is 7.89. The van der Waals surface area contributed by atoms with Gasteiger partial charge < -0.3 is 15.0 Å². The van der Waals surface area contributed by atoms with E-state index in [9.17, 15) is 18.0 Å². The number of carbonyl (C=O) groups is 1. The summed E-state index contributed by atoms with van der Waals surface area (Å²) in [7, 11) is 1.62. The Hall–Kier alpha value is -1.61. The molecule has 1 aliphatic heterocycles. The first kappa shape index (κ1) is 18.7. The molecule has 2 atom stereocenters. The number of nitrogens with one attached hydrogen (secondary N) is 1. The summed E-state index contributed by atoms with van der Waals surface area (Å²) >= 11 is 0. The Morgan fingerprint density at radius 3 is 2.83 bits per heavy atom. The zero-order valence-corrected chi connectivity index (χ0v) is 13.8. The lowest BCUT2D eigenvalue weighted by Gasteiger charge is -2.40. The first-order chi connectivity index (χ1) is 11.3. The maximum absolute atomic E-state index is 13.0. The Morgan fingerprint density at radius 2 is 2.21 bits per heavy atom. The fraction of sp³-hybridized carbons (Fsp3) is 0.733. The van der Waals surface area contributed by atoms with Gasteiger partial charge in [-0.25, -0.2) is 0 Å². The molecule has 1 aromatic rings. The van der Waals surface area contributed by atoms with E-state index in [0.717, 1.165) is 10.5 Å². The molecule has 1 aromatic heterocycles. The molecule has 1 saturated heterocycles. The normalized spacial score (nSPS) is 22.0. The Bertz CT molecular complexity index is 547. The van der Waals surface area contributed by atoms with Crippen LogP contribution in [0.5, 0.6) is 0 Å². The molecular formula is C15H23F3N4O2. The number of amides is 1. The van der Waals surface area contributed by atoms with Crippen LogP contribution in [0.3, 0.4) is 0 Å². The van der Waals surface area contributed by atoms with E-state index in [1.54, 1.807) is 18.0 Å². The van der Waals surface area contributed by atoms with Gasteiger partial charge >= 0.3 is 6.18 Å². The summed E-state index contributed by atoms with van der Waals surface area (Å²) < 4.78 is 45.7. The molecule has 136 valence electrons. The lowest BCUT2D eigenvalue weighted by Crippen LogP contribution is -2.56. The van der Waals surface area contributed by atoms with Gasteiger partial charge in [0.15, 0.2) is 0 Å². The van der Waals surface area contributed by atoms with Gasteiger partial charge in [0.2, 0.25) is 5.91 Å². The lowest BCUT2D eigenvalue weighted by molar-refractivity contribution is -0.196. The highest BCUT2D eigenvalue weighted by molar-refractivity contribution is 5.73. The highest BCUT2D eigenvalue weighted by Crippen LogP contribution is 2.32. The average Bonchev–Trinajstić information content (AvgIpc) is 2.97. The van der Waals surface area contributed by atoms with E-state index in [4.69, 9.17) is 4.74 Å². The van der Waals surface area contributed by atoms with Crippen molar-refractivity contribution < 1.29 is 22.7 Å². The van der Waals surface area contributed by atoms with Gasteiger partial charge in [0, 0.05) is 44.9 Å². The molecule has 0 spiro atoms. The molecule has 0 radical (unpaired) electrons. The molecule has 1 fully saturated rings. The van der Waals surface area contributed by atoms with Crippen LogP contribution in [0.4, 0.5) is 13.2 Å². The van der Waals surface area contributed by atoms with Gasteiger partial charge in [-0.05, 0) is 12.8 Å². The minimum absolute atomic E-state index is 0.0668. The summed E-state index contributed by atoms with van der Waals surface area (Å²) in [6, 6.07) is -1.83. The van der Waals surface area contributed by atoms with Crippen LogP contribution in [0.25, 0.3) is 0 Å². The second-order valence-electron chi connectivity index (χ2n) is 5.99. The van der Waals surface area contributed by atoms with Crippen molar-refractivity contribution in [1.82, 2.24) is 20.0 Å². The van der Waals surface area contributed by atoms with Crippen molar-refractivity contribution in [3.63, 3.8) is 0 Å². The summed E-state index contributed by atoms with van der Waals surface area (Å²) in [5.41, 5.74) is 0.943. The van der Waals surface area contributed by atoms with Crippen LogP contribution in [0, 0.1) is 0 Å². The van der Waals surface area contributed by atoms with Crippen LogP contribution in [0.15, 0.2) is 12.4 Å². The van der Waals surface area contributed by atoms with Crippen LogP contribution >= 0.6 is 0 Å². The maximum atomic E-state index is 13.0. The predicted molar refractivity (Wildman–Crippen MR) is 81.2 cm³/mol. The molecule has 1 N–H and O–H groups in total. The van der Waals surface area contributed by atoms with Crippen LogP contribution in [0.2, 0.25) is 0 Å². The first-order valence-corrected chi connectivity index (χ1v) is 7.89. The maximum Gasteiger partial charge on any atom is 0.408 e. The van der Waals surface area contributed by atoms with Crippen molar-refractivity contribution in [3.8, 4) is 0 Å². The number of hydrogen-bond donors (Lipinski definition) is 1. The quantitative estimate of drug-likeness (QED) is 0.848. The number of hydrogen-bond acceptors (Lipinski definition) is 4. The number of alkyl halides is 3. The molecule has 6 nitrogen and oxygen atoms in total. The van der Waals surface area contributed by atoms with Crippen molar-refractivity contribution in [2.45, 2.75) is 51.1 Å². The summed E-state index contributed by atoms with van der Waals surface area (Å²) in [5.74, 6) is -0.545. The van der Waals surface area contributed by atoms with Gasteiger partial charge in [0.1, 0.15) is 6.04 Å². The Morgan fingerprint density at radius 1 is 1.46 bits per heavy atom. The minimum Gasteiger partial charge on any atom is -0.383 e. The monoisotopic (exact) mass is 348 g/mol. The fourth-order valence-electron chi connectivity index (χ4n) is 2.89. The summed E-state index contributed by atoms with van der Waals surface area (Å²) in [4.78, 5) is 12.5. The third-order valence-electron chi connectivity index (χ3n) is 4.17. The number of aromatic nitrogens is 2. The number of rotatable bonds is 6. The van der Waals surface area contributed by atoms with E-state index in [2.05, 4.69) is 10.4 Å². The Balaban J connectivity index is 1.88. The molecule has 24 heavy (non-hydrogen) atoms.